The van der Waals surface area contributed by atoms with Crippen molar-refractivity contribution in [3.05, 3.63) is 69.8 Å². The summed E-state index contributed by atoms with van der Waals surface area (Å²) in [6, 6.07) is 14.2. The van der Waals surface area contributed by atoms with Crippen molar-refractivity contribution in [3.63, 3.8) is 0 Å². The van der Waals surface area contributed by atoms with Gasteiger partial charge in [-0.1, -0.05) is 23.7 Å². The molecule has 2 heterocycles. The van der Waals surface area contributed by atoms with Gasteiger partial charge < -0.3 is 4.74 Å². The fourth-order valence-corrected chi connectivity index (χ4v) is 5.61. The molecular weight excluding hydrogens is 463 g/mol. The van der Waals surface area contributed by atoms with Crippen LogP contribution in [-0.2, 0) is 16.6 Å². The third-order valence-electron chi connectivity index (χ3n) is 4.43. The number of hydrogen-bond acceptors (Lipinski definition) is 6. The normalized spacial score (nSPS) is 11.4. The van der Waals surface area contributed by atoms with E-state index in [9.17, 15) is 12.8 Å². The molecule has 0 fully saturated rings. The van der Waals surface area contributed by atoms with Crippen molar-refractivity contribution in [2.24, 2.45) is 0 Å². The van der Waals surface area contributed by atoms with E-state index in [-0.39, 0.29) is 22.3 Å². The van der Waals surface area contributed by atoms with E-state index in [0.29, 0.717) is 20.8 Å². The molecule has 7 nitrogen and oxygen atoms in total. The first-order valence-electron chi connectivity index (χ1n) is 8.82. The Bertz CT molecular complexity index is 1440. The molecule has 2 aromatic carbocycles. The zero-order chi connectivity index (χ0) is 22.2. The fourth-order valence-electron chi connectivity index (χ4n) is 3.12. The molecule has 1 N–H and O–H groups in total. The fraction of sp³-hybridized carbons (Fsp3) is 0.100. The molecule has 0 bridgehead atoms. The maximum atomic E-state index is 14.2. The third kappa shape index (κ3) is 4.20. The van der Waals surface area contributed by atoms with Gasteiger partial charge in [0.2, 0.25) is 0 Å². The molecule has 4 rings (SSSR count). The molecule has 2 aromatic heterocycles. The van der Waals surface area contributed by atoms with Crippen LogP contribution in [0.4, 0.5) is 10.2 Å². The van der Waals surface area contributed by atoms with Gasteiger partial charge in [0.15, 0.2) is 5.82 Å². The smallest absolute Gasteiger partial charge is 0.272 e. The molecule has 31 heavy (non-hydrogen) atoms. The van der Waals surface area contributed by atoms with Crippen LogP contribution in [-0.4, -0.2) is 25.3 Å². The molecule has 158 valence electrons. The van der Waals surface area contributed by atoms with Crippen molar-refractivity contribution in [1.82, 2.24) is 9.78 Å². The Morgan fingerprint density at radius 1 is 1.29 bits per heavy atom. The number of halogens is 2. The average molecular weight is 477 g/mol. The maximum absolute atomic E-state index is 14.2. The molecular formula is C20H14ClFN4O3S2. The van der Waals surface area contributed by atoms with Gasteiger partial charge in [-0.25, -0.2) is 12.8 Å². The number of benzene rings is 2. The lowest BCUT2D eigenvalue weighted by Gasteiger charge is -2.06. The maximum Gasteiger partial charge on any atom is 0.272 e. The first-order chi connectivity index (χ1) is 14.8. The van der Waals surface area contributed by atoms with Crippen molar-refractivity contribution in [1.29, 1.82) is 5.26 Å². The summed E-state index contributed by atoms with van der Waals surface area (Å²) in [4.78, 5) is 0. The molecule has 0 spiro atoms. The molecule has 4 aromatic rings. The van der Waals surface area contributed by atoms with Crippen LogP contribution in [0, 0.1) is 17.1 Å². The highest BCUT2D eigenvalue weighted by molar-refractivity contribution is 7.94. The summed E-state index contributed by atoms with van der Waals surface area (Å²) in [6.45, 7) is 0.186. The Hall–Kier alpha value is -3.13. The van der Waals surface area contributed by atoms with E-state index < -0.39 is 15.8 Å². The molecule has 0 aliphatic carbocycles. The van der Waals surface area contributed by atoms with Gasteiger partial charge in [-0.3, -0.25) is 9.40 Å². The average Bonchev–Trinajstić information content (AvgIpc) is 3.32. The van der Waals surface area contributed by atoms with Gasteiger partial charge in [-0.15, -0.1) is 11.3 Å². The largest absolute Gasteiger partial charge is 0.496 e. The minimum absolute atomic E-state index is 0.00666. The Kier molecular flexibility index (Phi) is 5.58. The van der Waals surface area contributed by atoms with Gasteiger partial charge in [0.05, 0.1) is 40.5 Å². The summed E-state index contributed by atoms with van der Waals surface area (Å²) >= 11 is 6.77. The lowest BCUT2D eigenvalue weighted by Crippen LogP contribution is -2.12. The standard InChI is InChI=1S/C20H14ClFN4O3S2/c1-29-16-9-14(22)8-15-19(16)20(25-31(27,28)18-6-5-17(21)30-18)24-26(15)11-13-4-2-3-12(7-13)10-23/h2-9H,11H2,1H3,(H,24,25). The van der Waals surface area contributed by atoms with Crippen molar-refractivity contribution < 1.29 is 17.5 Å². The molecule has 0 amide bonds. The SMILES string of the molecule is COc1cc(F)cc2c1c(NS(=O)(=O)c1ccc(Cl)s1)nn2Cc1cccc(C#N)c1. The molecule has 0 aliphatic heterocycles. The molecule has 0 radical (unpaired) electrons. The molecule has 0 saturated heterocycles. The van der Waals surface area contributed by atoms with E-state index in [1.54, 1.807) is 24.3 Å². The van der Waals surface area contributed by atoms with Gasteiger partial charge in [0.1, 0.15) is 15.8 Å². The van der Waals surface area contributed by atoms with E-state index in [0.717, 1.165) is 23.0 Å². The van der Waals surface area contributed by atoms with Gasteiger partial charge in [-0.2, -0.15) is 10.4 Å². The lowest BCUT2D eigenvalue weighted by molar-refractivity contribution is 0.416. The van der Waals surface area contributed by atoms with Crippen LogP contribution in [0.15, 0.2) is 52.7 Å². The van der Waals surface area contributed by atoms with Crippen molar-refractivity contribution in [2.75, 3.05) is 11.8 Å². The van der Waals surface area contributed by atoms with E-state index in [1.807, 2.05) is 0 Å². The van der Waals surface area contributed by atoms with Gasteiger partial charge in [0.25, 0.3) is 10.0 Å². The molecule has 0 atom stereocenters. The zero-order valence-electron chi connectivity index (χ0n) is 16.0. The van der Waals surface area contributed by atoms with Crippen molar-refractivity contribution >= 4 is 49.7 Å². The Balaban J connectivity index is 1.84. The predicted octanol–water partition coefficient (Wildman–Crippen LogP) is 4.62. The Morgan fingerprint density at radius 3 is 2.77 bits per heavy atom. The second-order valence-corrected chi connectivity index (χ2v) is 10.1. The van der Waals surface area contributed by atoms with Gasteiger partial charge in [0, 0.05) is 12.1 Å². The minimum Gasteiger partial charge on any atom is -0.496 e. The second kappa shape index (κ2) is 8.19. The van der Waals surface area contributed by atoms with Gasteiger partial charge >= 0.3 is 0 Å². The van der Waals surface area contributed by atoms with Crippen LogP contribution in [0.2, 0.25) is 4.34 Å². The number of rotatable bonds is 6. The molecule has 11 heteroatoms. The second-order valence-electron chi connectivity index (χ2n) is 6.48. The third-order valence-corrected chi connectivity index (χ3v) is 7.50. The Labute approximate surface area is 186 Å². The number of nitrogens with one attached hydrogen (secondary N) is 1. The lowest BCUT2D eigenvalue weighted by atomic mass is 10.1. The van der Waals surface area contributed by atoms with E-state index in [4.69, 9.17) is 21.6 Å². The summed E-state index contributed by atoms with van der Waals surface area (Å²) in [7, 11) is -2.61. The number of fused-ring (bicyclic) bond motifs is 1. The summed E-state index contributed by atoms with van der Waals surface area (Å²) in [6.07, 6.45) is 0. The zero-order valence-corrected chi connectivity index (χ0v) is 18.4. The monoisotopic (exact) mass is 476 g/mol. The number of methoxy groups -OCH3 is 1. The van der Waals surface area contributed by atoms with Crippen LogP contribution >= 0.6 is 22.9 Å². The van der Waals surface area contributed by atoms with E-state index in [2.05, 4.69) is 15.9 Å². The first kappa shape index (κ1) is 21.1. The number of nitrogens with zero attached hydrogens (tertiary/aromatic N) is 3. The summed E-state index contributed by atoms with van der Waals surface area (Å²) in [5.41, 5.74) is 1.54. The van der Waals surface area contributed by atoms with Crippen LogP contribution in [0.5, 0.6) is 5.75 Å². The topological polar surface area (TPSA) is 97.0 Å². The quantitative estimate of drug-likeness (QED) is 0.438. The molecule has 0 aliphatic rings. The summed E-state index contributed by atoms with van der Waals surface area (Å²) in [5.74, 6) is -0.433. The van der Waals surface area contributed by atoms with Crippen molar-refractivity contribution in [2.45, 2.75) is 10.8 Å². The highest BCUT2D eigenvalue weighted by atomic mass is 35.5. The summed E-state index contributed by atoms with van der Waals surface area (Å²) < 4.78 is 49.4. The number of ether oxygens (including phenoxy) is 1. The predicted molar refractivity (Wildman–Crippen MR) is 117 cm³/mol. The van der Waals surface area contributed by atoms with Gasteiger partial charge in [-0.05, 0) is 29.8 Å². The summed E-state index contributed by atoms with van der Waals surface area (Å²) in [5, 5.41) is 13.8. The highest BCUT2D eigenvalue weighted by Crippen LogP contribution is 2.35. The van der Waals surface area contributed by atoms with Crippen LogP contribution in [0.1, 0.15) is 11.1 Å². The van der Waals surface area contributed by atoms with Crippen LogP contribution < -0.4 is 9.46 Å². The highest BCUT2D eigenvalue weighted by Gasteiger charge is 2.23. The molecule has 0 saturated carbocycles. The number of anilines is 1. The van der Waals surface area contributed by atoms with Crippen molar-refractivity contribution in [3.8, 4) is 11.8 Å². The van der Waals surface area contributed by atoms with E-state index >= 15 is 0 Å². The number of nitriles is 1. The number of hydrogen-bond donors (Lipinski definition) is 1. The first-order valence-corrected chi connectivity index (χ1v) is 11.5. The number of sulfonamides is 1. The van der Waals surface area contributed by atoms with Crippen LogP contribution in [0.25, 0.3) is 10.9 Å². The minimum atomic E-state index is -3.97. The Morgan fingerprint density at radius 2 is 2.10 bits per heavy atom. The van der Waals surface area contributed by atoms with E-state index in [1.165, 1.54) is 30.0 Å². The van der Waals surface area contributed by atoms with Crippen LogP contribution in [0.3, 0.4) is 0 Å². The number of thiophene rings is 1. The molecule has 0 unspecified atom stereocenters. The number of aromatic nitrogens is 2.